The summed E-state index contributed by atoms with van der Waals surface area (Å²) in [5.41, 5.74) is 4.86. The van der Waals surface area contributed by atoms with Gasteiger partial charge in [-0.2, -0.15) is 4.48 Å². The molecule has 0 aromatic heterocycles. The van der Waals surface area contributed by atoms with Crippen molar-refractivity contribution in [3.05, 3.63) is 121 Å². The molecule has 0 unspecified atom stereocenters. The Labute approximate surface area is 273 Å². The summed E-state index contributed by atoms with van der Waals surface area (Å²) in [6.45, 7) is 3.62. The maximum Gasteiger partial charge on any atom is 0.631 e. The second-order valence-corrected chi connectivity index (χ2v) is 12.6. The van der Waals surface area contributed by atoms with E-state index in [-0.39, 0.29) is 0 Å². The van der Waals surface area contributed by atoms with Crippen molar-refractivity contribution < 1.29 is 19.6 Å². The van der Waals surface area contributed by atoms with Crippen LogP contribution in [0.1, 0.15) is 71.1 Å². The summed E-state index contributed by atoms with van der Waals surface area (Å²) in [7, 11) is 4.69. The molecule has 3 N–H and O–H groups in total. The number of unbranched alkanes of at least 4 members (excludes halogenated alkanes) is 9. The first-order valence-corrected chi connectivity index (χ1v) is 16.7. The zero-order chi connectivity index (χ0) is 32.8. The van der Waals surface area contributed by atoms with Gasteiger partial charge < -0.3 is 19.6 Å². The van der Waals surface area contributed by atoms with E-state index in [1.165, 1.54) is 93.5 Å². The van der Waals surface area contributed by atoms with Crippen LogP contribution in [0.15, 0.2) is 121 Å². The highest BCUT2D eigenvalue weighted by atomic mass is 16.5. The van der Waals surface area contributed by atoms with Gasteiger partial charge in [-0.15, -0.1) is 0 Å². The Morgan fingerprint density at radius 3 is 0.911 bits per heavy atom. The van der Waals surface area contributed by atoms with E-state index in [4.69, 9.17) is 15.1 Å². The molecular formula is C39H57BN2O3+2. The van der Waals surface area contributed by atoms with Crippen molar-refractivity contribution in [3.8, 4) is 0 Å². The van der Waals surface area contributed by atoms with Crippen LogP contribution in [0.4, 0.5) is 22.7 Å². The summed E-state index contributed by atoms with van der Waals surface area (Å²) in [5, 5.41) is 21.5. The fourth-order valence-electron chi connectivity index (χ4n) is 5.57. The molecule has 45 heavy (non-hydrogen) atoms. The van der Waals surface area contributed by atoms with Gasteiger partial charge in [0.1, 0.15) is 22.7 Å². The number of quaternary nitrogens is 2. The van der Waals surface area contributed by atoms with E-state index in [0.29, 0.717) is 4.48 Å². The molecule has 4 rings (SSSR count). The Bertz CT molecular complexity index is 1080. The minimum absolute atomic E-state index is 0.559. The highest BCUT2D eigenvalue weighted by Crippen LogP contribution is 2.50. The van der Waals surface area contributed by atoms with E-state index in [0.717, 1.165) is 4.48 Å². The molecule has 0 aliphatic carbocycles. The number of rotatable bonds is 15. The minimum atomic E-state index is -2.17. The first kappa shape index (κ1) is 37.9. The SMILES string of the molecule is CCCCCCCCCCCC[N+](C)(C)C.OB(O)O.c1ccc([N+](c2ccccc2)(c2ccccc2)c2ccccc2)cc1. The maximum atomic E-state index is 7.17. The lowest BCUT2D eigenvalue weighted by molar-refractivity contribution is -0.870. The summed E-state index contributed by atoms with van der Waals surface area (Å²) >= 11 is 0. The molecule has 0 atom stereocenters. The van der Waals surface area contributed by atoms with Gasteiger partial charge >= 0.3 is 7.32 Å². The zero-order valence-corrected chi connectivity index (χ0v) is 28.1. The topological polar surface area (TPSA) is 60.7 Å². The standard InChI is InChI=1S/C24H20N.C15H34N.BH3O3/c1-5-13-21(14-6-1)25(22-15-7-2-8-16-22,23-17-9-3-10-18-23)24-19-11-4-12-20-24;1-5-6-7-8-9-10-11-12-13-14-15-16(2,3)4;2-1(3)4/h1-20H;5-15H2,1-4H3;2-4H/q2*+1;. The summed E-state index contributed by atoms with van der Waals surface area (Å²) in [4.78, 5) is 0. The second kappa shape index (κ2) is 21.5. The van der Waals surface area contributed by atoms with Gasteiger partial charge in [0.2, 0.25) is 0 Å². The fourth-order valence-corrected chi connectivity index (χ4v) is 5.57. The first-order valence-electron chi connectivity index (χ1n) is 16.7. The number of benzene rings is 4. The predicted molar refractivity (Wildman–Crippen MR) is 194 cm³/mol. The molecule has 0 spiro atoms. The van der Waals surface area contributed by atoms with Crippen molar-refractivity contribution in [2.75, 3.05) is 27.7 Å². The molecule has 4 aromatic carbocycles. The molecule has 4 aromatic rings. The monoisotopic (exact) mass is 612 g/mol. The predicted octanol–water partition coefficient (Wildman–Crippen LogP) is 9.55. The highest BCUT2D eigenvalue weighted by Gasteiger charge is 2.38. The number of para-hydroxylation sites is 4. The highest BCUT2D eigenvalue weighted by molar-refractivity contribution is 6.30. The molecule has 0 aliphatic rings. The third-order valence-electron chi connectivity index (χ3n) is 7.76. The molecule has 0 radical (unpaired) electrons. The molecule has 0 aliphatic heterocycles. The van der Waals surface area contributed by atoms with E-state index in [1.807, 2.05) is 0 Å². The van der Waals surface area contributed by atoms with Crippen LogP contribution in [-0.4, -0.2) is 54.6 Å². The van der Waals surface area contributed by atoms with Gasteiger partial charge in [0.05, 0.1) is 27.7 Å². The third kappa shape index (κ3) is 14.2. The van der Waals surface area contributed by atoms with Gasteiger partial charge in [0, 0.05) is 48.5 Å². The molecule has 242 valence electrons. The number of nitrogens with zero attached hydrogens (tertiary/aromatic N) is 2. The van der Waals surface area contributed by atoms with Crippen molar-refractivity contribution in [1.29, 1.82) is 0 Å². The normalized spacial score (nSPS) is 11.1. The molecule has 0 bridgehead atoms. The van der Waals surface area contributed by atoms with Crippen LogP contribution < -0.4 is 4.48 Å². The van der Waals surface area contributed by atoms with Gasteiger partial charge in [-0.25, -0.2) is 0 Å². The van der Waals surface area contributed by atoms with E-state index in [2.05, 4.69) is 149 Å². The summed E-state index contributed by atoms with van der Waals surface area (Å²) in [6.07, 6.45) is 14.4. The first-order chi connectivity index (χ1) is 21.7. The lowest BCUT2D eigenvalue weighted by atomic mass is 10.1. The van der Waals surface area contributed by atoms with Crippen molar-refractivity contribution in [2.24, 2.45) is 0 Å². The van der Waals surface area contributed by atoms with Gasteiger partial charge in [0.15, 0.2) is 0 Å². The number of hydrogen-bond donors (Lipinski definition) is 3. The Balaban J connectivity index is 0.000000305. The molecule has 0 heterocycles. The smallest absolute Gasteiger partial charge is 0.402 e. The number of hydrogen-bond acceptors (Lipinski definition) is 3. The Morgan fingerprint density at radius 2 is 0.667 bits per heavy atom. The van der Waals surface area contributed by atoms with Crippen LogP contribution in [-0.2, 0) is 0 Å². The van der Waals surface area contributed by atoms with Crippen LogP contribution >= 0.6 is 0 Å². The summed E-state index contributed by atoms with van der Waals surface area (Å²) < 4.78 is 1.68. The largest absolute Gasteiger partial charge is 0.631 e. The molecular weight excluding hydrogens is 555 g/mol. The van der Waals surface area contributed by atoms with Crippen molar-refractivity contribution in [1.82, 2.24) is 4.48 Å². The Hall–Kier alpha value is -3.26. The fraction of sp³-hybridized carbons (Fsp3) is 0.385. The molecule has 5 nitrogen and oxygen atoms in total. The summed E-state index contributed by atoms with van der Waals surface area (Å²) in [6, 6.07) is 42.8. The average molecular weight is 613 g/mol. The average Bonchev–Trinajstić information content (AvgIpc) is 3.04. The second-order valence-electron chi connectivity index (χ2n) is 12.6. The van der Waals surface area contributed by atoms with Crippen LogP contribution in [0.5, 0.6) is 0 Å². The molecule has 0 amide bonds. The van der Waals surface area contributed by atoms with Crippen molar-refractivity contribution >= 4 is 30.1 Å². The third-order valence-corrected chi connectivity index (χ3v) is 7.76. The molecule has 0 saturated carbocycles. The lowest BCUT2D eigenvalue weighted by Crippen LogP contribution is -2.35. The van der Waals surface area contributed by atoms with Crippen LogP contribution in [0.3, 0.4) is 0 Å². The quantitative estimate of drug-likeness (QED) is 0.0712. The van der Waals surface area contributed by atoms with Gasteiger partial charge in [-0.05, 0) is 12.8 Å². The van der Waals surface area contributed by atoms with E-state index < -0.39 is 7.32 Å². The summed E-state index contributed by atoms with van der Waals surface area (Å²) in [5.74, 6) is 0. The Kier molecular flexibility index (Phi) is 18.1. The van der Waals surface area contributed by atoms with Crippen LogP contribution in [0, 0.1) is 0 Å². The maximum absolute atomic E-state index is 7.17. The van der Waals surface area contributed by atoms with Gasteiger partial charge in [-0.3, -0.25) is 0 Å². The van der Waals surface area contributed by atoms with Crippen molar-refractivity contribution in [3.63, 3.8) is 0 Å². The van der Waals surface area contributed by atoms with Crippen LogP contribution in [0.25, 0.3) is 0 Å². The van der Waals surface area contributed by atoms with Gasteiger partial charge in [0.25, 0.3) is 0 Å². The molecule has 0 fully saturated rings. The lowest BCUT2D eigenvalue weighted by Gasteiger charge is -2.37. The minimum Gasteiger partial charge on any atom is -0.402 e. The van der Waals surface area contributed by atoms with E-state index >= 15 is 0 Å². The zero-order valence-electron chi connectivity index (χ0n) is 28.1. The Morgan fingerprint density at radius 1 is 0.422 bits per heavy atom. The van der Waals surface area contributed by atoms with Crippen molar-refractivity contribution in [2.45, 2.75) is 71.1 Å². The van der Waals surface area contributed by atoms with Gasteiger partial charge in [-0.1, -0.05) is 131 Å². The molecule has 6 heteroatoms. The van der Waals surface area contributed by atoms with Crippen LogP contribution in [0.2, 0.25) is 0 Å². The van der Waals surface area contributed by atoms with E-state index in [1.54, 1.807) is 0 Å². The molecule has 0 saturated heterocycles. The van der Waals surface area contributed by atoms with E-state index in [9.17, 15) is 0 Å².